The van der Waals surface area contributed by atoms with Gasteiger partial charge in [-0.1, -0.05) is 12.1 Å². The molecule has 0 radical (unpaired) electrons. The third-order valence-electron chi connectivity index (χ3n) is 3.81. The van der Waals surface area contributed by atoms with Crippen LogP contribution < -0.4 is 10.1 Å². The van der Waals surface area contributed by atoms with E-state index >= 15 is 0 Å². The Kier molecular flexibility index (Phi) is 4.15. The molecule has 1 fully saturated rings. The van der Waals surface area contributed by atoms with Crippen LogP contribution in [0.15, 0.2) is 46.9 Å². The first-order valence-electron chi connectivity index (χ1n) is 7.03. The summed E-state index contributed by atoms with van der Waals surface area (Å²) in [5.41, 5.74) is 2.00. The minimum atomic E-state index is -0.232. The van der Waals surface area contributed by atoms with Crippen molar-refractivity contribution in [2.45, 2.75) is 18.9 Å². The van der Waals surface area contributed by atoms with Gasteiger partial charge in [-0.05, 0) is 70.6 Å². The molecule has 0 aliphatic heterocycles. The fourth-order valence-electron chi connectivity index (χ4n) is 2.49. The molecule has 1 atom stereocenters. The van der Waals surface area contributed by atoms with Crippen molar-refractivity contribution in [1.29, 1.82) is 0 Å². The fraction of sp³-hybridized carbons (Fsp3) is 0.294. The van der Waals surface area contributed by atoms with Crippen molar-refractivity contribution < 1.29 is 9.13 Å². The Balaban J connectivity index is 1.86. The summed E-state index contributed by atoms with van der Waals surface area (Å²) in [5, 5.41) is 3.48. The number of rotatable bonds is 5. The van der Waals surface area contributed by atoms with Crippen molar-refractivity contribution in [2.75, 3.05) is 12.4 Å². The molecule has 3 rings (SSSR count). The lowest BCUT2D eigenvalue weighted by atomic mass is 10.0. The molecule has 2 aromatic rings. The average Bonchev–Trinajstić information content (AvgIpc) is 3.33. The monoisotopic (exact) mass is 349 g/mol. The molecule has 4 heteroatoms. The van der Waals surface area contributed by atoms with Gasteiger partial charge < -0.3 is 10.1 Å². The van der Waals surface area contributed by atoms with Gasteiger partial charge >= 0.3 is 0 Å². The van der Waals surface area contributed by atoms with E-state index in [-0.39, 0.29) is 11.9 Å². The molecule has 1 N–H and O–H groups in total. The van der Waals surface area contributed by atoms with E-state index in [2.05, 4.69) is 33.4 Å². The van der Waals surface area contributed by atoms with Gasteiger partial charge in [0.05, 0.1) is 18.8 Å². The number of hydrogen-bond donors (Lipinski definition) is 1. The molecule has 0 amide bonds. The van der Waals surface area contributed by atoms with Crippen LogP contribution in [0.2, 0.25) is 0 Å². The second kappa shape index (κ2) is 6.06. The lowest BCUT2D eigenvalue weighted by molar-refractivity contribution is 0.414. The minimum absolute atomic E-state index is 0.203. The highest BCUT2D eigenvalue weighted by atomic mass is 79.9. The first-order valence-corrected chi connectivity index (χ1v) is 7.82. The van der Waals surface area contributed by atoms with Crippen molar-refractivity contribution in [3.63, 3.8) is 0 Å². The average molecular weight is 350 g/mol. The van der Waals surface area contributed by atoms with Gasteiger partial charge in [-0.2, -0.15) is 0 Å². The molecule has 2 nitrogen and oxygen atoms in total. The largest absolute Gasteiger partial charge is 0.497 e. The SMILES string of the molecule is COc1ccc(C(Nc2cc(F)ccc2Br)C2CC2)cc1. The summed E-state index contributed by atoms with van der Waals surface area (Å²) in [6, 6.07) is 13.0. The summed E-state index contributed by atoms with van der Waals surface area (Å²) in [7, 11) is 1.66. The summed E-state index contributed by atoms with van der Waals surface area (Å²) < 4.78 is 19.5. The van der Waals surface area contributed by atoms with E-state index in [4.69, 9.17) is 4.74 Å². The summed E-state index contributed by atoms with van der Waals surface area (Å²) in [5.74, 6) is 1.22. The van der Waals surface area contributed by atoms with Gasteiger partial charge in [-0.25, -0.2) is 4.39 Å². The van der Waals surface area contributed by atoms with Gasteiger partial charge in [0.25, 0.3) is 0 Å². The van der Waals surface area contributed by atoms with Crippen LogP contribution in [0.25, 0.3) is 0 Å². The maximum absolute atomic E-state index is 13.4. The van der Waals surface area contributed by atoms with Crippen molar-refractivity contribution in [3.05, 3.63) is 58.3 Å². The molecule has 2 aromatic carbocycles. The first-order chi connectivity index (χ1) is 10.2. The van der Waals surface area contributed by atoms with Crippen molar-refractivity contribution in [2.24, 2.45) is 5.92 Å². The quantitative estimate of drug-likeness (QED) is 0.804. The van der Waals surface area contributed by atoms with E-state index in [0.29, 0.717) is 5.92 Å². The van der Waals surface area contributed by atoms with Gasteiger partial charge in [-0.3, -0.25) is 0 Å². The predicted octanol–water partition coefficient (Wildman–Crippen LogP) is 5.16. The lowest BCUT2D eigenvalue weighted by Crippen LogP contribution is -2.13. The van der Waals surface area contributed by atoms with Gasteiger partial charge in [0.2, 0.25) is 0 Å². The lowest BCUT2D eigenvalue weighted by Gasteiger charge is -2.21. The van der Waals surface area contributed by atoms with Crippen LogP contribution in [0.3, 0.4) is 0 Å². The van der Waals surface area contributed by atoms with Gasteiger partial charge in [-0.15, -0.1) is 0 Å². The van der Waals surface area contributed by atoms with E-state index < -0.39 is 0 Å². The predicted molar refractivity (Wildman–Crippen MR) is 86.2 cm³/mol. The van der Waals surface area contributed by atoms with Gasteiger partial charge in [0.15, 0.2) is 0 Å². The van der Waals surface area contributed by atoms with Crippen LogP contribution in [-0.2, 0) is 0 Å². The Morgan fingerprint density at radius 3 is 2.52 bits per heavy atom. The highest BCUT2D eigenvalue weighted by Crippen LogP contribution is 2.44. The number of halogens is 2. The molecule has 110 valence electrons. The van der Waals surface area contributed by atoms with Crippen LogP contribution in [0.4, 0.5) is 10.1 Å². The van der Waals surface area contributed by atoms with Crippen LogP contribution in [-0.4, -0.2) is 7.11 Å². The third kappa shape index (κ3) is 3.38. The van der Waals surface area contributed by atoms with E-state index in [0.717, 1.165) is 15.9 Å². The van der Waals surface area contributed by atoms with Crippen LogP contribution >= 0.6 is 15.9 Å². The maximum atomic E-state index is 13.4. The molecule has 1 unspecified atom stereocenters. The standard InChI is InChI=1S/C17H17BrFNO/c1-21-14-7-4-12(5-8-14)17(11-2-3-11)20-16-10-13(19)6-9-15(16)18/h4-11,17,20H,2-3H2,1H3. The molecule has 0 heterocycles. The Morgan fingerprint density at radius 2 is 1.90 bits per heavy atom. The normalized spacial score (nSPS) is 15.6. The zero-order chi connectivity index (χ0) is 14.8. The molecular formula is C17H17BrFNO. The van der Waals surface area contributed by atoms with E-state index in [9.17, 15) is 4.39 Å². The van der Waals surface area contributed by atoms with E-state index in [1.165, 1.54) is 30.5 Å². The van der Waals surface area contributed by atoms with Crippen molar-refractivity contribution in [1.82, 2.24) is 0 Å². The Hall–Kier alpha value is -1.55. The zero-order valence-electron chi connectivity index (χ0n) is 11.8. The molecule has 0 bridgehead atoms. The summed E-state index contributed by atoms with van der Waals surface area (Å²) in [4.78, 5) is 0. The van der Waals surface area contributed by atoms with Crippen LogP contribution in [0, 0.1) is 11.7 Å². The maximum Gasteiger partial charge on any atom is 0.125 e. The molecular weight excluding hydrogens is 333 g/mol. The van der Waals surface area contributed by atoms with Gasteiger partial charge in [0.1, 0.15) is 11.6 Å². The number of nitrogens with one attached hydrogen (secondary N) is 1. The zero-order valence-corrected chi connectivity index (χ0v) is 13.4. The molecule has 1 aliphatic carbocycles. The third-order valence-corrected chi connectivity index (χ3v) is 4.50. The Bertz CT molecular complexity index is 625. The molecule has 1 saturated carbocycles. The van der Waals surface area contributed by atoms with Crippen molar-refractivity contribution >= 4 is 21.6 Å². The second-order valence-electron chi connectivity index (χ2n) is 5.36. The summed E-state index contributed by atoms with van der Waals surface area (Å²) in [6.07, 6.45) is 2.41. The number of hydrogen-bond acceptors (Lipinski definition) is 2. The van der Waals surface area contributed by atoms with E-state index in [1.54, 1.807) is 13.2 Å². The summed E-state index contributed by atoms with van der Waals surface area (Å²) >= 11 is 3.47. The molecule has 0 saturated heterocycles. The Morgan fingerprint density at radius 1 is 1.19 bits per heavy atom. The molecule has 0 spiro atoms. The summed E-state index contributed by atoms with van der Waals surface area (Å²) in [6.45, 7) is 0. The fourth-order valence-corrected chi connectivity index (χ4v) is 2.85. The number of methoxy groups -OCH3 is 1. The van der Waals surface area contributed by atoms with E-state index in [1.807, 2.05) is 12.1 Å². The topological polar surface area (TPSA) is 21.3 Å². The number of anilines is 1. The number of ether oxygens (including phenoxy) is 1. The van der Waals surface area contributed by atoms with Crippen molar-refractivity contribution in [3.8, 4) is 5.75 Å². The van der Waals surface area contributed by atoms with Crippen LogP contribution in [0.5, 0.6) is 5.75 Å². The molecule has 0 aromatic heterocycles. The van der Waals surface area contributed by atoms with Gasteiger partial charge in [0, 0.05) is 4.47 Å². The molecule has 21 heavy (non-hydrogen) atoms. The number of benzene rings is 2. The Labute approximate surface area is 132 Å². The molecule has 1 aliphatic rings. The second-order valence-corrected chi connectivity index (χ2v) is 6.21. The smallest absolute Gasteiger partial charge is 0.125 e. The minimum Gasteiger partial charge on any atom is -0.497 e. The van der Waals surface area contributed by atoms with Crippen LogP contribution in [0.1, 0.15) is 24.4 Å². The first kappa shape index (κ1) is 14.4. The highest BCUT2D eigenvalue weighted by Gasteiger charge is 2.32. The highest BCUT2D eigenvalue weighted by molar-refractivity contribution is 9.10.